The van der Waals surface area contributed by atoms with Crippen LogP contribution in [0.15, 0.2) is 40.9 Å². The molecule has 0 aliphatic rings. The maximum atomic E-state index is 3.64. The van der Waals surface area contributed by atoms with Gasteiger partial charge in [-0.15, -0.1) is 0 Å². The van der Waals surface area contributed by atoms with Gasteiger partial charge in [0.2, 0.25) is 0 Å². The van der Waals surface area contributed by atoms with Crippen molar-refractivity contribution < 1.29 is 0 Å². The molecule has 0 aromatic heterocycles. The minimum absolute atomic E-state index is 0.248. The molecule has 106 valence electrons. The Labute approximate surface area is 130 Å². The molecule has 1 atom stereocenters. The number of nitrogens with one attached hydrogen (secondary N) is 1. The molecule has 0 aliphatic heterocycles. The first-order valence-electron chi connectivity index (χ1n) is 7.09. The van der Waals surface area contributed by atoms with Gasteiger partial charge in [0.15, 0.2) is 0 Å². The first-order chi connectivity index (χ1) is 9.52. The third-order valence-electron chi connectivity index (χ3n) is 3.67. The van der Waals surface area contributed by atoms with Crippen molar-refractivity contribution in [1.29, 1.82) is 0 Å². The molecule has 2 heteroatoms. The Hall–Kier alpha value is -1.12. The van der Waals surface area contributed by atoms with Crippen molar-refractivity contribution >= 4 is 15.9 Å². The van der Waals surface area contributed by atoms with E-state index in [0.29, 0.717) is 0 Å². The van der Waals surface area contributed by atoms with E-state index in [-0.39, 0.29) is 6.04 Å². The van der Waals surface area contributed by atoms with E-state index in [0.717, 1.165) is 6.54 Å². The van der Waals surface area contributed by atoms with Crippen molar-refractivity contribution in [1.82, 2.24) is 5.32 Å². The number of halogens is 1. The lowest BCUT2D eigenvalue weighted by Crippen LogP contribution is -2.22. The number of hydrogen-bond acceptors (Lipinski definition) is 1. The molecule has 2 rings (SSSR count). The molecule has 20 heavy (non-hydrogen) atoms. The van der Waals surface area contributed by atoms with Crippen molar-refractivity contribution in [2.24, 2.45) is 0 Å². The van der Waals surface area contributed by atoms with Crippen LogP contribution in [-0.2, 0) is 0 Å². The molecular weight excluding hydrogens is 310 g/mol. The summed E-state index contributed by atoms with van der Waals surface area (Å²) >= 11 is 3.64. The maximum absolute atomic E-state index is 3.64. The number of rotatable bonds is 4. The molecule has 2 aromatic carbocycles. The molecule has 0 saturated carbocycles. The molecule has 0 fully saturated rings. The monoisotopic (exact) mass is 331 g/mol. The summed E-state index contributed by atoms with van der Waals surface area (Å²) in [5.74, 6) is 0. The molecule has 0 bridgehead atoms. The van der Waals surface area contributed by atoms with E-state index in [1.54, 1.807) is 0 Å². The van der Waals surface area contributed by atoms with E-state index in [1.807, 2.05) is 0 Å². The minimum Gasteiger partial charge on any atom is -0.307 e. The van der Waals surface area contributed by atoms with Gasteiger partial charge in [0.25, 0.3) is 0 Å². The second-order valence-corrected chi connectivity index (χ2v) is 6.21. The lowest BCUT2D eigenvalue weighted by molar-refractivity contribution is 0.627. The molecule has 0 radical (unpaired) electrons. The van der Waals surface area contributed by atoms with E-state index in [1.165, 1.54) is 32.3 Å². The molecule has 0 spiro atoms. The Kier molecular flexibility index (Phi) is 5.00. The third kappa shape index (κ3) is 3.31. The summed E-state index contributed by atoms with van der Waals surface area (Å²) in [5.41, 5.74) is 6.58. The summed E-state index contributed by atoms with van der Waals surface area (Å²) in [6.07, 6.45) is 0. The predicted molar refractivity (Wildman–Crippen MR) is 90.3 cm³/mol. The van der Waals surface area contributed by atoms with Crippen LogP contribution in [0.4, 0.5) is 0 Å². The highest BCUT2D eigenvalue weighted by Crippen LogP contribution is 2.28. The molecular formula is C18H22BrN. The number of hydrogen-bond donors (Lipinski definition) is 1. The zero-order valence-electron chi connectivity index (χ0n) is 12.6. The van der Waals surface area contributed by atoms with Crippen molar-refractivity contribution in [2.45, 2.75) is 33.7 Å². The normalized spacial score (nSPS) is 12.4. The van der Waals surface area contributed by atoms with Crippen molar-refractivity contribution in [2.75, 3.05) is 6.54 Å². The lowest BCUT2D eigenvalue weighted by Gasteiger charge is -2.22. The quantitative estimate of drug-likeness (QED) is 0.824. The fraction of sp³-hybridized carbons (Fsp3) is 0.333. The Morgan fingerprint density at radius 3 is 2.35 bits per heavy atom. The average molecular weight is 332 g/mol. The number of benzene rings is 2. The predicted octanol–water partition coefficient (Wildman–Crippen LogP) is 5.07. The summed E-state index contributed by atoms with van der Waals surface area (Å²) < 4.78 is 1.17. The average Bonchev–Trinajstić information content (AvgIpc) is 2.40. The third-order valence-corrected chi connectivity index (χ3v) is 4.53. The molecule has 0 aliphatic carbocycles. The van der Waals surface area contributed by atoms with E-state index in [9.17, 15) is 0 Å². The standard InChI is InChI=1S/C18H22BrN/c1-5-20-18(15-8-7-13(3)17(19)11-15)16-9-6-12(2)10-14(16)4/h6-11,18,20H,5H2,1-4H3. The molecule has 0 saturated heterocycles. The van der Waals surface area contributed by atoms with Crippen LogP contribution in [0.1, 0.15) is 40.8 Å². The van der Waals surface area contributed by atoms with Gasteiger partial charge >= 0.3 is 0 Å². The lowest BCUT2D eigenvalue weighted by atomic mass is 9.93. The molecule has 0 heterocycles. The first kappa shape index (κ1) is 15.3. The van der Waals surface area contributed by atoms with Crippen LogP contribution in [-0.4, -0.2) is 6.54 Å². The Morgan fingerprint density at radius 2 is 1.75 bits per heavy atom. The molecule has 1 N–H and O–H groups in total. The Bertz CT molecular complexity index is 604. The SMILES string of the molecule is CCNC(c1ccc(C)c(Br)c1)c1ccc(C)cc1C. The van der Waals surface area contributed by atoms with Gasteiger partial charge in [-0.1, -0.05) is 58.7 Å². The van der Waals surface area contributed by atoms with Crippen LogP contribution in [0.3, 0.4) is 0 Å². The second-order valence-electron chi connectivity index (χ2n) is 5.36. The highest BCUT2D eigenvalue weighted by atomic mass is 79.9. The van der Waals surface area contributed by atoms with Gasteiger partial charge in [-0.2, -0.15) is 0 Å². The van der Waals surface area contributed by atoms with Gasteiger partial charge in [0.05, 0.1) is 6.04 Å². The largest absolute Gasteiger partial charge is 0.307 e. The van der Waals surface area contributed by atoms with Crippen LogP contribution in [0.25, 0.3) is 0 Å². The Morgan fingerprint density at radius 1 is 1.00 bits per heavy atom. The topological polar surface area (TPSA) is 12.0 Å². The fourth-order valence-corrected chi connectivity index (χ4v) is 2.95. The van der Waals surface area contributed by atoms with Gasteiger partial charge in [-0.3, -0.25) is 0 Å². The molecule has 2 aromatic rings. The van der Waals surface area contributed by atoms with Crippen molar-refractivity contribution in [3.63, 3.8) is 0 Å². The fourth-order valence-electron chi connectivity index (χ4n) is 2.55. The van der Waals surface area contributed by atoms with Gasteiger partial charge in [0, 0.05) is 4.47 Å². The van der Waals surface area contributed by atoms with Crippen LogP contribution in [0.5, 0.6) is 0 Å². The summed E-state index contributed by atoms with van der Waals surface area (Å²) in [6.45, 7) is 9.55. The van der Waals surface area contributed by atoms with Gasteiger partial charge < -0.3 is 5.32 Å². The Balaban J connectivity index is 2.47. The summed E-state index contributed by atoms with van der Waals surface area (Å²) in [6, 6.07) is 13.5. The van der Waals surface area contributed by atoms with Crippen molar-refractivity contribution in [3.8, 4) is 0 Å². The first-order valence-corrected chi connectivity index (χ1v) is 7.88. The zero-order chi connectivity index (χ0) is 14.7. The van der Waals surface area contributed by atoms with Crippen molar-refractivity contribution in [3.05, 3.63) is 68.7 Å². The van der Waals surface area contributed by atoms with E-state index in [2.05, 4.69) is 85.3 Å². The van der Waals surface area contributed by atoms with Crippen LogP contribution < -0.4 is 5.32 Å². The van der Waals surface area contributed by atoms with Gasteiger partial charge in [-0.05, 0) is 55.6 Å². The summed E-state index contributed by atoms with van der Waals surface area (Å²) in [7, 11) is 0. The molecule has 1 unspecified atom stereocenters. The minimum atomic E-state index is 0.248. The van der Waals surface area contributed by atoms with Crippen LogP contribution >= 0.6 is 15.9 Å². The van der Waals surface area contributed by atoms with E-state index < -0.39 is 0 Å². The van der Waals surface area contributed by atoms with Crippen LogP contribution in [0.2, 0.25) is 0 Å². The molecule has 0 amide bonds. The highest BCUT2D eigenvalue weighted by Gasteiger charge is 2.15. The number of aryl methyl sites for hydroxylation is 3. The maximum Gasteiger partial charge on any atom is 0.0579 e. The van der Waals surface area contributed by atoms with E-state index >= 15 is 0 Å². The second kappa shape index (κ2) is 6.55. The highest BCUT2D eigenvalue weighted by molar-refractivity contribution is 9.10. The van der Waals surface area contributed by atoms with Crippen LogP contribution in [0, 0.1) is 20.8 Å². The van der Waals surface area contributed by atoms with Gasteiger partial charge in [-0.25, -0.2) is 0 Å². The summed E-state index contributed by atoms with van der Waals surface area (Å²) in [4.78, 5) is 0. The van der Waals surface area contributed by atoms with Gasteiger partial charge in [0.1, 0.15) is 0 Å². The molecule has 1 nitrogen and oxygen atoms in total. The van der Waals surface area contributed by atoms with E-state index in [4.69, 9.17) is 0 Å². The smallest absolute Gasteiger partial charge is 0.0579 e. The zero-order valence-corrected chi connectivity index (χ0v) is 14.2. The summed E-state index contributed by atoms with van der Waals surface area (Å²) in [5, 5.41) is 3.60.